The van der Waals surface area contributed by atoms with Crippen LogP contribution in [0, 0.1) is 18.7 Å². The number of likely N-dealkylation sites (N-methyl/N-ethyl adjacent to an activating group) is 1. The van der Waals surface area contributed by atoms with Gasteiger partial charge in [0.2, 0.25) is 0 Å². The zero-order valence-corrected chi connectivity index (χ0v) is 16.6. The number of halogens is 1. The number of fused-ring (bicyclic) bond motifs is 4. The number of pyridine rings is 1. The maximum Gasteiger partial charge on any atom is 0.254 e. The summed E-state index contributed by atoms with van der Waals surface area (Å²) in [6, 6.07) is 9.82. The Morgan fingerprint density at radius 1 is 1.21 bits per heavy atom. The Bertz CT molecular complexity index is 968. The molecule has 0 aliphatic carbocycles. The molecule has 1 aromatic carbocycles. The molecular weight excluding hydrogens is 357 g/mol. The molecule has 1 amide bonds. The highest BCUT2D eigenvalue weighted by Gasteiger charge is 2.42. The fourth-order valence-electron chi connectivity index (χ4n) is 4.81. The number of hydrogen-bond donors (Lipinski definition) is 0. The van der Waals surface area contributed by atoms with E-state index in [9.17, 15) is 14.0 Å². The van der Waals surface area contributed by atoms with Crippen LogP contribution in [-0.2, 0) is 0 Å². The molecule has 2 aliphatic rings. The van der Waals surface area contributed by atoms with Crippen LogP contribution in [0.4, 0.5) is 4.39 Å². The van der Waals surface area contributed by atoms with Gasteiger partial charge in [-0.3, -0.25) is 9.59 Å². The Balaban J connectivity index is 1.71. The van der Waals surface area contributed by atoms with Crippen molar-refractivity contribution in [1.82, 2.24) is 14.4 Å². The summed E-state index contributed by atoms with van der Waals surface area (Å²) >= 11 is 0. The Hall–Kier alpha value is -2.47. The maximum absolute atomic E-state index is 13.7. The Labute approximate surface area is 164 Å². The van der Waals surface area contributed by atoms with E-state index < -0.39 is 5.82 Å². The molecule has 3 heterocycles. The van der Waals surface area contributed by atoms with Crippen LogP contribution in [0.1, 0.15) is 40.0 Å². The third-order valence-corrected chi connectivity index (χ3v) is 6.07. The quantitative estimate of drug-likeness (QED) is 0.819. The van der Waals surface area contributed by atoms with Crippen molar-refractivity contribution in [2.45, 2.75) is 25.3 Å². The number of hydrogen-bond acceptors (Lipinski definition) is 3. The van der Waals surface area contributed by atoms with Gasteiger partial charge in [0.15, 0.2) is 0 Å². The van der Waals surface area contributed by atoms with E-state index in [4.69, 9.17) is 0 Å². The lowest BCUT2D eigenvalue weighted by Gasteiger charge is -2.47. The lowest BCUT2D eigenvalue weighted by atomic mass is 9.78. The van der Waals surface area contributed by atoms with Gasteiger partial charge in [0.1, 0.15) is 5.82 Å². The van der Waals surface area contributed by atoms with E-state index in [1.54, 1.807) is 18.2 Å². The number of carbonyl (C=O) groups excluding carboxylic acids is 1. The van der Waals surface area contributed by atoms with Crippen LogP contribution in [0.3, 0.4) is 0 Å². The van der Waals surface area contributed by atoms with E-state index in [0.717, 1.165) is 24.2 Å². The monoisotopic (exact) mass is 383 g/mol. The molecular formula is C22H26FN3O2. The van der Waals surface area contributed by atoms with Gasteiger partial charge in [-0.1, -0.05) is 12.1 Å². The van der Waals surface area contributed by atoms with Gasteiger partial charge in [-0.2, -0.15) is 0 Å². The molecule has 0 N–H and O–H groups in total. The number of amides is 1. The second-order valence-corrected chi connectivity index (χ2v) is 8.35. The third kappa shape index (κ3) is 3.26. The summed E-state index contributed by atoms with van der Waals surface area (Å²) in [5.41, 5.74) is 2.24. The van der Waals surface area contributed by atoms with Crippen LogP contribution in [0.25, 0.3) is 0 Å². The number of rotatable bonds is 3. The molecule has 2 aliphatic heterocycles. The molecule has 0 unspecified atom stereocenters. The van der Waals surface area contributed by atoms with E-state index in [1.807, 2.05) is 36.6 Å². The van der Waals surface area contributed by atoms with Crippen LogP contribution in [0.15, 0.2) is 41.2 Å². The van der Waals surface area contributed by atoms with Gasteiger partial charge >= 0.3 is 0 Å². The molecule has 2 aromatic rings. The number of likely N-dealkylation sites (tertiary alicyclic amines) is 1. The normalized spacial score (nSPS) is 23.6. The van der Waals surface area contributed by atoms with Crippen LogP contribution in [0.5, 0.6) is 0 Å². The second-order valence-electron chi connectivity index (χ2n) is 8.35. The number of carbonyl (C=O) groups is 1. The minimum absolute atomic E-state index is 0.0270. The smallest absolute Gasteiger partial charge is 0.254 e. The molecule has 0 radical (unpaired) electrons. The Morgan fingerprint density at radius 3 is 2.75 bits per heavy atom. The standard InChI is InChI=1S/C22H26FN3O2/c1-14-7-8-17(23)10-18(14)22(28)25-11-15-9-16(12-25)20(13-24(2)3)26-19(15)5-4-6-21(26)27/h4-8,10,15-16,20H,9,11-13H2,1-3H3/t15-,16+,20+/m1/s1. The first-order chi connectivity index (χ1) is 13.3. The average molecular weight is 383 g/mol. The molecule has 5 nitrogen and oxygen atoms in total. The van der Waals surface area contributed by atoms with E-state index in [-0.39, 0.29) is 29.3 Å². The number of benzene rings is 1. The fraction of sp³-hybridized carbons (Fsp3) is 0.455. The first-order valence-electron chi connectivity index (χ1n) is 9.76. The van der Waals surface area contributed by atoms with E-state index in [1.165, 1.54) is 12.1 Å². The number of nitrogens with zero attached hydrogens (tertiary/aromatic N) is 3. The van der Waals surface area contributed by atoms with E-state index in [2.05, 4.69) is 4.90 Å². The number of aromatic nitrogens is 1. The van der Waals surface area contributed by atoms with Crippen LogP contribution in [-0.4, -0.2) is 54.0 Å². The number of piperidine rings is 1. The minimum atomic E-state index is -0.395. The topological polar surface area (TPSA) is 45.6 Å². The van der Waals surface area contributed by atoms with E-state index >= 15 is 0 Å². The lowest BCUT2D eigenvalue weighted by Crippen LogP contribution is -2.52. The lowest BCUT2D eigenvalue weighted by molar-refractivity contribution is 0.0497. The summed E-state index contributed by atoms with van der Waals surface area (Å²) in [7, 11) is 4.00. The Kier molecular flexibility index (Phi) is 4.83. The molecule has 28 heavy (non-hydrogen) atoms. The molecule has 4 rings (SSSR count). The highest BCUT2D eigenvalue weighted by Crippen LogP contribution is 2.41. The van der Waals surface area contributed by atoms with Gasteiger partial charge in [0.05, 0.1) is 6.04 Å². The molecule has 0 spiro atoms. The van der Waals surface area contributed by atoms with Gasteiger partial charge in [-0.05, 0) is 57.1 Å². The SMILES string of the molecule is Cc1ccc(F)cc1C(=O)N1C[C@H]2C[C@@H](C1)[C@H](CN(C)C)n1c2cccc1=O. The van der Waals surface area contributed by atoms with Crippen molar-refractivity contribution < 1.29 is 9.18 Å². The van der Waals surface area contributed by atoms with Crippen LogP contribution >= 0.6 is 0 Å². The summed E-state index contributed by atoms with van der Waals surface area (Å²) < 4.78 is 15.7. The molecule has 2 bridgehead atoms. The van der Waals surface area contributed by atoms with Gasteiger partial charge < -0.3 is 14.4 Å². The first kappa shape index (κ1) is 18.9. The van der Waals surface area contributed by atoms with Gasteiger partial charge in [0, 0.05) is 42.9 Å². The molecule has 6 heteroatoms. The summed E-state index contributed by atoms with van der Waals surface area (Å²) in [6.45, 7) is 3.73. The van der Waals surface area contributed by atoms with Crippen LogP contribution in [0.2, 0.25) is 0 Å². The zero-order valence-electron chi connectivity index (χ0n) is 16.6. The third-order valence-electron chi connectivity index (χ3n) is 6.07. The fourth-order valence-corrected chi connectivity index (χ4v) is 4.81. The van der Waals surface area contributed by atoms with E-state index in [0.29, 0.717) is 18.7 Å². The first-order valence-corrected chi connectivity index (χ1v) is 9.76. The summed E-state index contributed by atoms with van der Waals surface area (Å²) in [5, 5.41) is 0. The number of aryl methyl sites for hydroxylation is 1. The van der Waals surface area contributed by atoms with Crippen molar-refractivity contribution in [3.8, 4) is 0 Å². The van der Waals surface area contributed by atoms with Crippen molar-refractivity contribution in [3.05, 3.63) is 69.4 Å². The minimum Gasteiger partial charge on any atom is -0.338 e. The predicted molar refractivity (Wildman–Crippen MR) is 106 cm³/mol. The van der Waals surface area contributed by atoms with Gasteiger partial charge in [0.25, 0.3) is 11.5 Å². The second kappa shape index (κ2) is 7.17. The van der Waals surface area contributed by atoms with Crippen LogP contribution < -0.4 is 5.56 Å². The molecule has 1 saturated heterocycles. The summed E-state index contributed by atoms with van der Waals surface area (Å²) in [4.78, 5) is 29.8. The highest BCUT2D eigenvalue weighted by atomic mass is 19.1. The van der Waals surface area contributed by atoms with Crippen molar-refractivity contribution in [3.63, 3.8) is 0 Å². The molecule has 1 fully saturated rings. The van der Waals surface area contributed by atoms with Crippen molar-refractivity contribution >= 4 is 5.91 Å². The maximum atomic E-state index is 13.7. The highest BCUT2D eigenvalue weighted by molar-refractivity contribution is 5.95. The van der Waals surface area contributed by atoms with Crippen molar-refractivity contribution in [2.24, 2.45) is 5.92 Å². The van der Waals surface area contributed by atoms with Gasteiger partial charge in [-0.25, -0.2) is 4.39 Å². The molecule has 0 saturated carbocycles. The predicted octanol–water partition coefficient (Wildman–Crippen LogP) is 2.66. The molecule has 3 atom stereocenters. The molecule has 148 valence electrons. The average Bonchev–Trinajstić information content (AvgIpc) is 2.66. The van der Waals surface area contributed by atoms with Gasteiger partial charge in [-0.15, -0.1) is 0 Å². The Morgan fingerprint density at radius 2 is 2.00 bits per heavy atom. The summed E-state index contributed by atoms with van der Waals surface area (Å²) in [5.74, 6) is -0.189. The molecule has 1 aromatic heterocycles. The largest absolute Gasteiger partial charge is 0.338 e. The zero-order chi connectivity index (χ0) is 20.0. The van der Waals surface area contributed by atoms with Crippen molar-refractivity contribution in [1.29, 1.82) is 0 Å². The van der Waals surface area contributed by atoms with Crippen molar-refractivity contribution in [2.75, 3.05) is 33.7 Å². The summed E-state index contributed by atoms with van der Waals surface area (Å²) in [6.07, 6.45) is 0.966.